The largest absolute Gasteiger partial charge is 0.493 e. The van der Waals surface area contributed by atoms with Gasteiger partial charge >= 0.3 is 0 Å². The predicted octanol–water partition coefficient (Wildman–Crippen LogP) is 2.66. The van der Waals surface area contributed by atoms with E-state index in [1.807, 2.05) is 26.0 Å². The lowest BCUT2D eigenvalue weighted by molar-refractivity contribution is 0.351. The molecule has 0 heterocycles. The molecule has 1 rings (SSSR count). The first-order valence-corrected chi connectivity index (χ1v) is 5.41. The van der Waals surface area contributed by atoms with E-state index in [4.69, 9.17) is 15.2 Å². The summed E-state index contributed by atoms with van der Waals surface area (Å²) in [4.78, 5) is 0. The van der Waals surface area contributed by atoms with Crippen LogP contribution in [-0.4, -0.2) is 14.2 Å². The Bertz CT molecular complexity index is 358. The minimum atomic E-state index is -0.418. The van der Waals surface area contributed by atoms with E-state index >= 15 is 0 Å². The van der Waals surface area contributed by atoms with Gasteiger partial charge in [-0.3, -0.25) is 0 Å². The van der Waals surface area contributed by atoms with Crippen LogP contribution >= 0.6 is 15.9 Å². The second-order valence-electron chi connectivity index (χ2n) is 3.88. The number of hydrogen-bond acceptors (Lipinski definition) is 3. The van der Waals surface area contributed by atoms with Crippen LogP contribution in [0, 0.1) is 0 Å². The molecule has 3 nitrogen and oxygen atoms in total. The third-order valence-corrected chi connectivity index (χ3v) is 2.97. The fraction of sp³-hybridized carbons (Fsp3) is 0.455. The van der Waals surface area contributed by atoms with Gasteiger partial charge in [-0.2, -0.15) is 0 Å². The van der Waals surface area contributed by atoms with Crippen LogP contribution in [0.4, 0.5) is 0 Å². The van der Waals surface area contributed by atoms with Gasteiger partial charge < -0.3 is 15.2 Å². The van der Waals surface area contributed by atoms with E-state index in [9.17, 15) is 0 Å². The zero-order valence-electron chi connectivity index (χ0n) is 9.43. The zero-order valence-corrected chi connectivity index (χ0v) is 11.0. The van der Waals surface area contributed by atoms with Gasteiger partial charge in [-0.05, 0) is 41.4 Å². The minimum absolute atomic E-state index is 0.418. The average molecular weight is 274 g/mol. The van der Waals surface area contributed by atoms with Crippen LogP contribution < -0.4 is 15.2 Å². The Morgan fingerprint density at radius 2 is 1.80 bits per heavy atom. The molecule has 15 heavy (non-hydrogen) atoms. The normalized spacial score (nSPS) is 11.3. The lowest BCUT2D eigenvalue weighted by Gasteiger charge is -2.23. The van der Waals surface area contributed by atoms with Crippen molar-refractivity contribution in [3.05, 3.63) is 22.2 Å². The van der Waals surface area contributed by atoms with Gasteiger partial charge in [0.15, 0.2) is 11.5 Å². The fourth-order valence-electron chi connectivity index (χ4n) is 1.39. The number of rotatable bonds is 3. The molecule has 0 saturated carbocycles. The van der Waals surface area contributed by atoms with E-state index in [2.05, 4.69) is 15.9 Å². The van der Waals surface area contributed by atoms with Crippen molar-refractivity contribution in [1.82, 2.24) is 0 Å². The summed E-state index contributed by atoms with van der Waals surface area (Å²) in [6.07, 6.45) is 0. The summed E-state index contributed by atoms with van der Waals surface area (Å²) in [6, 6.07) is 3.79. The minimum Gasteiger partial charge on any atom is -0.493 e. The predicted molar refractivity (Wildman–Crippen MR) is 64.5 cm³/mol. The molecular weight excluding hydrogens is 258 g/mol. The van der Waals surface area contributed by atoms with Gasteiger partial charge in [0.1, 0.15) is 0 Å². The first-order valence-electron chi connectivity index (χ1n) is 4.61. The number of nitrogens with two attached hydrogens (primary N) is 1. The highest BCUT2D eigenvalue weighted by Crippen LogP contribution is 2.40. The van der Waals surface area contributed by atoms with Crippen molar-refractivity contribution >= 4 is 15.9 Å². The number of ether oxygens (including phenoxy) is 2. The number of benzene rings is 1. The second kappa shape index (κ2) is 4.41. The molecule has 2 N–H and O–H groups in total. The van der Waals surface area contributed by atoms with Gasteiger partial charge in [0, 0.05) is 5.54 Å². The van der Waals surface area contributed by atoms with Gasteiger partial charge in [0.2, 0.25) is 0 Å². The molecule has 1 aromatic rings. The molecule has 0 saturated heterocycles. The average Bonchev–Trinajstić information content (AvgIpc) is 2.15. The Morgan fingerprint density at radius 1 is 1.20 bits per heavy atom. The molecule has 0 spiro atoms. The van der Waals surface area contributed by atoms with Crippen molar-refractivity contribution in [3.8, 4) is 11.5 Å². The van der Waals surface area contributed by atoms with Crippen molar-refractivity contribution in [1.29, 1.82) is 0 Å². The van der Waals surface area contributed by atoms with Crippen LogP contribution in [-0.2, 0) is 5.54 Å². The molecule has 0 unspecified atom stereocenters. The van der Waals surface area contributed by atoms with E-state index in [0.29, 0.717) is 11.5 Å². The molecule has 0 aliphatic carbocycles. The smallest absolute Gasteiger partial charge is 0.175 e. The van der Waals surface area contributed by atoms with Crippen LogP contribution in [0.25, 0.3) is 0 Å². The fourth-order valence-corrected chi connectivity index (χ4v) is 2.39. The standard InChI is InChI=1S/C11H16BrNO2/c1-11(2,13)7-5-6-8(14-3)10(15-4)9(7)12/h5-6H,13H2,1-4H3. The van der Waals surface area contributed by atoms with Gasteiger partial charge in [-0.15, -0.1) is 0 Å². The maximum Gasteiger partial charge on any atom is 0.175 e. The van der Waals surface area contributed by atoms with E-state index in [-0.39, 0.29) is 0 Å². The molecule has 0 aliphatic rings. The highest BCUT2D eigenvalue weighted by atomic mass is 79.9. The lowest BCUT2D eigenvalue weighted by atomic mass is 9.95. The van der Waals surface area contributed by atoms with Crippen molar-refractivity contribution in [3.63, 3.8) is 0 Å². The van der Waals surface area contributed by atoms with E-state index in [0.717, 1.165) is 10.0 Å². The van der Waals surface area contributed by atoms with E-state index in [1.54, 1.807) is 14.2 Å². The maximum absolute atomic E-state index is 6.05. The molecule has 0 bridgehead atoms. The summed E-state index contributed by atoms with van der Waals surface area (Å²) in [5.74, 6) is 1.37. The summed E-state index contributed by atoms with van der Waals surface area (Å²) < 4.78 is 11.3. The molecule has 1 aromatic carbocycles. The Kier molecular flexibility index (Phi) is 3.62. The van der Waals surface area contributed by atoms with Crippen molar-refractivity contribution in [2.24, 2.45) is 5.73 Å². The zero-order chi connectivity index (χ0) is 11.6. The maximum atomic E-state index is 6.05. The molecule has 4 heteroatoms. The Balaban J connectivity index is 3.36. The first-order chi connectivity index (χ1) is 6.91. The van der Waals surface area contributed by atoms with Crippen LogP contribution in [0.15, 0.2) is 16.6 Å². The molecule has 0 atom stereocenters. The summed E-state index contributed by atoms with van der Waals surface area (Å²) in [5.41, 5.74) is 6.61. The second-order valence-corrected chi connectivity index (χ2v) is 4.68. The Morgan fingerprint density at radius 3 is 2.20 bits per heavy atom. The van der Waals surface area contributed by atoms with Gasteiger partial charge in [-0.25, -0.2) is 0 Å². The molecule has 0 aliphatic heterocycles. The van der Waals surface area contributed by atoms with Gasteiger partial charge in [-0.1, -0.05) is 6.07 Å². The molecule has 0 amide bonds. The Hall–Kier alpha value is -0.740. The highest BCUT2D eigenvalue weighted by molar-refractivity contribution is 9.10. The van der Waals surface area contributed by atoms with E-state index in [1.165, 1.54) is 0 Å². The molecular formula is C11H16BrNO2. The van der Waals surface area contributed by atoms with Crippen LogP contribution in [0.5, 0.6) is 11.5 Å². The van der Waals surface area contributed by atoms with Gasteiger partial charge in [0.05, 0.1) is 18.7 Å². The highest BCUT2D eigenvalue weighted by Gasteiger charge is 2.22. The summed E-state index contributed by atoms with van der Waals surface area (Å²) in [7, 11) is 3.22. The van der Waals surface area contributed by atoms with Crippen LogP contribution in [0.3, 0.4) is 0 Å². The summed E-state index contributed by atoms with van der Waals surface area (Å²) in [6.45, 7) is 3.89. The Labute approximate surface area is 98.7 Å². The third kappa shape index (κ3) is 2.44. The summed E-state index contributed by atoms with van der Waals surface area (Å²) >= 11 is 3.48. The van der Waals surface area contributed by atoms with Crippen molar-refractivity contribution in [2.45, 2.75) is 19.4 Å². The van der Waals surface area contributed by atoms with Crippen molar-refractivity contribution in [2.75, 3.05) is 14.2 Å². The summed E-state index contributed by atoms with van der Waals surface area (Å²) in [5, 5.41) is 0. The monoisotopic (exact) mass is 273 g/mol. The van der Waals surface area contributed by atoms with E-state index < -0.39 is 5.54 Å². The SMILES string of the molecule is COc1ccc(C(C)(C)N)c(Br)c1OC. The molecule has 0 aromatic heterocycles. The lowest BCUT2D eigenvalue weighted by Crippen LogP contribution is -2.29. The molecule has 0 radical (unpaired) electrons. The van der Waals surface area contributed by atoms with Gasteiger partial charge in [0.25, 0.3) is 0 Å². The van der Waals surface area contributed by atoms with Crippen molar-refractivity contribution < 1.29 is 9.47 Å². The molecule has 0 fully saturated rings. The van der Waals surface area contributed by atoms with Crippen LogP contribution in [0.2, 0.25) is 0 Å². The first kappa shape index (κ1) is 12.3. The number of hydrogen-bond donors (Lipinski definition) is 1. The van der Waals surface area contributed by atoms with Crippen LogP contribution in [0.1, 0.15) is 19.4 Å². The topological polar surface area (TPSA) is 44.5 Å². The quantitative estimate of drug-likeness (QED) is 0.921. The number of halogens is 1. The third-order valence-electron chi connectivity index (χ3n) is 2.18. The number of methoxy groups -OCH3 is 2. The molecule has 84 valence electrons.